The predicted octanol–water partition coefficient (Wildman–Crippen LogP) is 5.57. The fourth-order valence-corrected chi connectivity index (χ4v) is 5.99. The molecule has 0 spiro atoms. The second kappa shape index (κ2) is 10.3. The number of anilines is 1. The number of thioether (sulfide) groups is 1. The minimum Gasteiger partial charge on any atom is -0.497 e. The molecular weight excluding hydrogens is 484 g/mol. The van der Waals surface area contributed by atoms with Gasteiger partial charge < -0.3 is 19.2 Å². The molecule has 0 saturated carbocycles. The lowest BCUT2D eigenvalue weighted by Gasteiger charge is -2.33. The van der Waals surface area contributed by atoms with Gasteiger partial charge in [-0.25, -0.2) is 0 Å². The van der Waals surface area contributed by atoms with Crippen LogP contribution < -0.4 is 14.8 Å². The molecule has 8 nitrogen and oxygen atoms in total. The zero-order valence-corrected chi connectivity index (χ0v) is 22.1. The van der Waals surface area contributed by atoms with E-state index in [0.29, 0.717) is 39.4 Å². The maximum atomic E-state index is 12.7. The molecule has 3 aromatic rings. The number of rotatable bonds is 7. The Bertz CT molecular complexity index is 1250. The Labute approximate surface area is 213 Å². The highest BCUT2D eigenvalue weighted by atomic mass is 32.2. The summed E-state index contributed by atoms with van der Waals surface area (Å²) in [6.07, 6.45) is 2.88. The van der Waals surface area contributed by atoms with E-state index in [4.69, 9.17) is 13.9 Å². The van der Waals surface area contributed by atoms with Crippen LogP contribution in [0.4, 0.5) is 5.00 Å². The molecule has 1 N–H and O–H groups in total. The molecule has 1 aromatic carbocycles. The topological polar surface area (TPSA) is 110 Å². The first kappa shape index (κ1) is 25.1. The summed E-state index contributed by atoms with van der Waals surface area (Å²) in [6, 6.07) is 7.59. The third-order valence-corrected chi connectivity index (χ3v) is 8.17. The van der Waals surface area contributed by atoms with Crippen LogP contribution in [0.15, 0.2) is 27.8 Å². The van der Waals surface area contributed by atoms with Gasteiger partial charge in [0.25, 0.3) is 5.22 Å². The van der Waals surface area contributed by atoms with Gasteiger partial charge in [-0.05, 0) is 48.3 Å². The van der Waals surface area contributed by atoms with Crippen LogP contribution in [0.1, 0.15) is 43.2 Å². The second-order valence-electron chi connectivity index (χ2n) is 9.44. The number of benzene rings is 1. The standard InChI is InChI=1S/C25H28N4O4S2/c1-25(2,3)15-6-7-18-19(12-26)23(35-20(18)10-15)27-21(30)13-34-24-29-28-22(33-24)14-8-16(31-4)11-17(9-14)32-5/h8-9,11,15H,6-7,10,13H2,1-5H3,(H,27,30). The van der Waals surface area contributed by atoms with Crippen LogP contribution in [0.3, 0.4) is 0 Å². The van der Waals surface area contributed by atoms with Crippen LogP contribution in [0, 0.1) is 22.7 Å². The van der Waals surface area contributed by atoms with E-state index >= 15 is 0 Å². The average molecular weight is 513 g/mol. The summed E-state index contributed by atoms with van der Waals surface area (Å²) in [6.45, 7) is 6.78. The number of amides is 1. The fourth-order valence-electron chi connectivity index (χ4n) is 4.14. The summed E-state index contributed by atoms with van der Waals surface area (Å²) >= 11 is 2.67. The molecule has 2 aromatic heterocycles. The number of hydrogen-bond donors (Lipinski definition) is 1. The number of carbonyl (C=O) groups is 1. The van der Waals surface area contributed by atoms with Crippen molar-refractivity contribution >= 4 is 34.0 Å². The van der Waals surface area contributed by atoms with E-state index in [1.807, 2.05) is 0 Å². The monoisotopic (exact) mass is 512 g/mol. The number of ether oxygens (including phenoxy) is 2. The van der Waals surface area contributed by atoms with Crippen LogP contribution in [-0.4, -0.2) is 36.1 Å². The molecule has 1 amide bonds. The average Bonchev–Trinajstić information content (AvgIpc) is 3.45. The minimum atomic E-state index is -0.222. The Morgan fingerprint density at radius 1 is 1.26 bits per heavy atom. The molecule has 1 atom stereocenters. The highest BCUT2D eigenvalue weighted by molar-refractivity contribution is 7.99. The van der Waals surface area contributed by atoms with E-state index in [0.717, 1.165) is 36.6 Å². The van der Waals surface area contributed by atoms with Crippen LogP contribution in [0.2, 0.25) is 0 Å². The molecule has 0 aliphatic heterocycles. The highest BCUT2D eigenvalue weighted by Gasteiger charge is 2.32. The Morgan fingerprint density at radius 3 is 2.60 bits per heavy atom. The van der Waals surface area contributed by atoms with Crippen molar-refractivity contribution in [2.45, 2.75) is 45.3 Å². The van der Waals surface area contributed by atoms with Gasteiger partial charge in [0.1, 0.15) is 22.6 Å². The molecule has 0 bridgehead atoms. The first-order chi connectivity index (χ1) is 16.7. The molecular formula is C25H28N4O4S2. The summed E-state index contributed by atoms with van der Waals surface area (Å²) in [7, 11) is 3.13. The lowest BCUT2D eigenvalue weighted by atomic mass is 9.72. The number of hydrogen-bond acceptors (Lipinski definition) is 9. The molecule has 4 rings (SSSR count). The summed E-state index contributed by atoms with van der Waals surface area (Å²) in [5, 5.41) is 21.7. The van der Waals surface area contributed by atoms with Gasteiger partial charge in [0.2, 0.25) is 11.8 Å². The van der Waals surface area contributed by atoms with E-state index in [1.165, 1.54) is 16.2 Å². The Kier molecular flexibility index (Phi) is 7.38. The van der Waals surface area contributed by atoms with Gasteiger partial charge in [0.05, 0.1) is 25.5 Å². The molecule has 10 heteroatoms. The zero-order valence-electron chi connectivity index (χ0n) is 20.4. The molecule has 1 aliphatic carbocycles. The van der Waals surface area contributed by atoms with Gasteiger partial charge in [-0.1, -0.05) is 32.5 Å². The lowest BCUT2D eigenvalue weighted by molar-refractivity contribution is -0.113. The van der Waals surface area contributed by atoms with Crippen LogP contribution in [-0.2, 0) is 17.6 Å². The third-order valence-electron chi connectivity index (χ3n) is 6.19. The molecule has 184 valence electrons. The van der Waals surface area contributed by atoms with Crippen molar-refractivity contribution in [2.24, 2.45) is 11.3 Å². The summed E-state index contributed by atoms with van der Waals surface area (Å²) < 4.78 is 16.3. The smallest absolute Gasteiger partial charge is 0.277 e. The molecule has 1 unspecified atom stereocenters. The van der Waals surface area contributed by atoms with Crippen molar-refractivity contribution in [1.29, 1.82) is 5.26 Å². The SMILES string of the molecule is COc1cc(OC)cc(-c2nnc(SCC(=O)Nc3sc4c(c3C#N)CCC(C(C)(C)C)C4)o2)c1. The molecule has 0 saturated heterocycles. The molecule has 0 radical (unpaired) electrons. The van der Waals surface area contributed by atoms with E-state index in [1.54, 1.807) is 32.4 Å². The Balaban J connectivity index is 1.41. The van der Waals surface area contributed by atoms with Crippen molar-refractivity contribution in [1.82, 2.24) is 10.2 Å². The van der Waals surface area contributed by atoms with Crippen LogP contribution in [0.25, 0.3) is 11.5 Å². The third kappa shape index (κ3) is 5.63. The van der Waals surface area contributed by atoms with E-state index in [2.05, 4.69) is 42.4 Å². The minimum absolute atomic E-state index is 0.0844. The predicted molar refractivity (Wildman–Crippen MR) is 136 cm³/mol. The van der Waals surface area contributed by atoms with Gasteiger partial charge in [0.15, 0.2) is 0 Å². The van der Waals surface area contributed by atoms with Gasteiger partial charge in [-0.15, -0.1) is 21.5 Å². The Hall–Kier alpha value is -3.03. The number of nitrogens with one attached hydrogen (secondary N) is 1. The summed E-state index contributed by atoms with van der Waals surface area (Å²) in [4.78, 5) is 13.9. The molecule has 2 heterocycles. The van der Waals surface area contributed by atoms with Crippen molar-refractivity contribution < 1.29 is 18.7 Å². The van der Waals surface area contributed by atoms with Gasteiger partial charge in [0, 0.05) is 16.5 Å². The van der Waals surface area contributed by atoms with Crippen molar-refractivity contribution in [3.05, 3.63) is 34.2 Å². The van der Waals surface area contributed by atoms with Gasteiger partial charge in [-0.2, -0.15) is 5.26 Å². The van der Waals surface area contributed by atoms with Gasteiger partial charge in [-0.3, -0.25) is 4.79 Å². The summed E-state index contributed by atoms with van der Waals surface area (Å²) in [5.41, 5.74) is 2.56. The van der Waals surface area contributed by atoms with E-state index < -0.39 is 0 Å². The van der Waals surface area contributed by atoms with E-state index in [-0.39, 0.29) is 22.3 Å². The molecule has 35 heavy (non-hydrogen) atoms. The summed E-state index contributed by atoms with van der Waals surface area (Å²) in [5.74, 6) is 1.94. The normalized spacial score (nSPS) is 15.3. The Morgan fingerprint density at radius 2 is 1.97 bits per heavy atom. The fraction of sp³-hybridized carbons (Fsp3) is 0.440. The maximum Gasteiger partial charge on any atom is 0.277 e. The first-order valence-electron chi connectivity index (χ1n) is 11.3. The van der Waals surface area contributed by atoms with Crippen molar-refractivity contribution in [2.75, 3.05) is 25.3 Å². The number of aromatic nitrogens is 2. The second-order valence-corrected chi connectivity index (χ2v) is 11.5. The number of fused-ring (bicyclic) bond motifs is 1. The maximum absolute atomic E-state index is 12.7. The number of nitriles is 1. The first-order valence-corrected chi connectivity index (χ1v) is 13.1. The number of thiophene rings is 1. The molecule has 0 fully saturated rings. The quantitative estimate of drug-likeness (QED) is 0.409. The number of methoxy groups -OCH3 is 2. The van der Waals surface area contributed by atoms with Crippen molar-refractivity contribution in [3.63, 3.8) is 0 Å². The largest absolute Gasteiger partial charge is 0.497 e. The highest BCUT2D eigenvalue weighted by Crippen LogP contribution is 2.44. The number of nitrogens with zero attached hydrogens (tertiary/aromatic N) is 3. The van der Waals surface area contributed by atoms with Gasteiger partial charge >= 0.3 is 0 Å². The van der Waals surface area contributed by atoms with Crippen molar-refractivity contribution in [3.8, 4) is 29.0 Å². The molecule has 1 aliphatic rings. The van der Waals surface area contributed by atoms with Crippen LogP contribution in [0.5, 0.6) is 11.5 Å². The number of carbonyl (C=O) groups excluding carboxylic acids is 1. The lowest BCUT2D eigenvalue weighted by Crippen LogP contribution is -2.26. The van der Waals surface area contributed by atoms with E-state index in [9.17, 15) is 10.1 Å². The zero-order chi connectivity index (χ0) is 25.2. The van der Waals surface area contributed by atoms with Crippen LogP contribution >= 0.6 is 23.1 Å².